The van der Waals surface area contributed by atoms with E-state index >= 15 is 0 Å². The summed E-state index contributed by atoms with van der Waals surface area (Å²) in [6.45, 7) is 0.313. The molecule has 1 aromatic carbocycles. The molecule has 2 heterocycles. The highest BCUT2D eigenvalue weighted by molar-refractivity contribution is 7.99. The molecule has 0 spiro atoms. The lowest BCUT2D eigenvalue weighted by atomic mass is 10.1. The lowest BCUT2D eigenvalue weighted by molar-refractivity contribution is 0.0949. The Kier molecular flexibility index (Phi) is 6.86. The topological polar surface area (TPSA) is 78.9 Å². The van der Waals surface area contributed by atoms with Gasteiger partial charge in [-0.1, -0.05) is 0 Å². The molecular formula is C20H24N2O5S. The molecule has 1 unspecified atom stereocenters. The van der Waals surface area contributed by atoms with Crippen molar-refractivity contribution in [1.82, 2.24) is 10.3 Å². The number of benzene rings is 1. The fourth-order valence-electron chi connectivity index (χ4n) is 2.91. The molecule has 7 nitrogen and oxygen atoms in total. The van der Waals surface area contributed by atoms with Crippen molar-refractivity contribution in [3.05, 3.63) is 41.6 Å². The van der Waals surface area contributed by atoms with Gasteiger partial charge < -0.3 is 24.3 Å². The first kappa shape index (κ1) is 20.1. The van der Waals surface area contributed by atoms with Crippen LogP contribution in [0.15, 0.2) is 30.5 Å². The zero-order chi connectivity index (χ0) is 19.9. The molecule has 1 fully saturated rings. The van der Waals surface area contributed by atoms with Crippen LogP contribution in [0.1, 0.15) is 22.3 Å². The van der Waals surface area contributed by atoms with E-state index < -0.39 is 0 Å². The Morgan fingerprint density at radius 2 is 1.93 bits per heavy atom. The Morgan fingerprint density at radius 1 is 1.18 bits per heavy atom. The van der Waals surface area contributed by atoms with E-state index in [0.29, 0.717) is 35.2 Å². The molecule has 0 aliphatic carbocycles. The second kappa shape index (κ2) is 9.54. The number of carbonyl (C=O) groups excluding carboxylic acids is 1. The largest absolute Gasteiger partial charge is 0.493 e. The van der Waals surface area contributed by atoms with Crippen LogP contribution < -0.4 is 24.3 Å². The van der Waals surface area contributed by atoms with Crippen LogP contribution in [0.3, 0.4) is 0 Å². The maximum atomic E-state index is 12.6. The van der Waals surface area contributed by atoms with Crippen molar-refractivity contribution in [2.24, 2.45) is 0 Å². The van der Waals surface area contributed by atoms with Crippen molar-refractivity contribution in [3.63, 3.8) is 0 Å². The SMILES string of the molecule is COc1cc(CNC(=O)c2ccnc(OC3CCSC3)c2)cc(OC)c1OC. The summed E-state index contributed by atoms with van der Waals surface area (Å²) < 4.78 is 21.9. The zero-order valence-electron chi connectivity index (χ0n) is 16.2. The first-order valence-corrected chi connectivity index (χ1v) is 10.1. The molecule has 1 saturated heterocycles. The van der Waals surface area contributed by atoms with Crippen LogP contribution in [0.4, 0.5) is 0 Å². The summed E-state index contributed by atoms with van der Waals surface area (Å²) >= 11 is 1.86. The van der Waals surface area contributed by atoms with Crippen LogP contribution >= 0.6 is 11.8 Å². The molecule has 1 aliphatic heterocycles. The maximum absolute atomic E-state index is 12.6. The number of hydrogen-bond donors (Lipinski definition) is 1. The van der Waals surface area contributed by atoms with Crippen molar-refractivity contribution in [2.45, 2.75) is 19.1 Å². The van der Waals surface area contributed by atoms with E-state index in [1.54, 1.807) is 51.8 Å². The average Bonchev–Trinajstić information content (AvgIpc) is 3.24. The molecule has 1 amide bonds. The van der Waals surface area contributed by atoms with Gasteiger partial charge in [0.1, 0.15) is 6.10 Å². The Bertz CT molecular complexity index is 799. The third-order valence-corrected chi connectivity index (χ3v) is 5.48. The molecular weight excluding hydrogens is 380 g/mol. The number of nitrogens with one attached hydrogen (secondary N) is 1. The van der Waals surface area contributed by atoms with Gasteiger partial charge in [-0.15, -0.1) is 0 Å². The van der Waals surface area contributed by atoms with Gasteiger partial charge in [-0.3, -0.25) is 4.79 Å². The summed E-state index contributed by atoms with van der Waals surface area (Å²) in [7, 11) is 4.66. The number of pyridine rings is 1. The quantitative estimate of drug-likeness (QED) is 0.725. The number of hydrogen-bond acceptors (Lipinski definition) is 7. The number of rotatable bonds is 8. The molecule has 150 valence electrons. The molecule has 8 heteroatoms. The zero-order valence-corrected chi connectivity index (χ0v) is 17.0. The van der Waals surface area contributed by atoms with Crippen LogP contribution in [0.2, 0.25) is 0 Å². The highest BCUT2D eigenvalue weighted by Crippen LogP contribution is 2.38. The normalized spacial score (nSPS) is 15.8. The van der Waals surface area contributed by atoms with E-state index in [1.165, 1.54) is 0 Å². The molecule has 2 aromatic rings. The van der Waals surface area contributed by atoms with E-state index in [1.807, 2.05) is 11.8 Å². The predicted molar refractivity (Wildman–Crippen MR) is 108 cm³/mol. The number of nitrogens with zero attached hydrogens (tertiary/aromatic N) is 1. The molecule has 28 heavy (non-hydrogen) atoms. The Balaban J connectivity index is 1.67. The van der Waals surface area contributed by atoms with Gasteiger partial charge in [-0.05, 0) is 35.9 Å². The Morgan fingerprint density at radius 3 is 2.54 bits per heavy atom. The highest BCUT2D eigenvalue weighted by Gasteiger charge is 2.18. The van der Waals surface area contributed by atoms with Crippen LogP contribution in [-0.2, 0) is 6.54 Å². The molecule has 0 saturated carbocycles. The number of amides is 1. The van der Waals surface area contributed by atoms with E-state index in [9.17, 15) is 4.79 Å². The summed E-state index contributed by atoms with van der Waals surface area (Å²) in [5, 5.41) is 2.90. The summed E-state index contributed by atoms with van der Waals surface area (Å²) in [5.74, 6) is 3.93. The number of carbonyl (C=O) groups is 1. The van der Waals surface area contributed by atoms with Crippen LogP contribution in [0, 0.1) is 0 Å². The van der Waals surface area contributed by atoms with Gasteiger partial charge in [-0.2, -0.15) is 11.8 Å². The van der Waals surface area contributed by atoms with Crippen LogP contribution in [0.5, 0.6) is 23.1 Å². The maximum Gasteiger partial charge on any atom is 0.251 e. The standard InChI is InChI=1S/C20H24N2O5S/c1-24-16-8-13(9-17(25-2)19(16)26-3)11-22-20(23)14-4-6-21-18(10-14)27-15-5-7-28-12-15/h4,6,8-10,15H,5,7,11-12H2,1-3H3,(H,22,23). The number of thioether (sulfide) groups is 1. The lowest BCUT2D eigenvalue weighted by Gasteiger charge is -2.15. The minimum atomic E-state index is -0.207. The summed E-state index contributed by atoms with van der Waals surface area (Å²) in [6.07, 6.45) is 2.76. The monoisotopic (exact) mass is 404 g/mol. The number of aromatic nitrogens is 1. The van der Waals surface area contributed by atoms with E-state index in [2.05, 4.69) is 10.3 Å². The second-order valence-electron chi connectivity index (χ2n) is 6.20. The molecule has 1 atom stereocenters. The van der Waals surface area contributed by atoms with Crippen LogP contribution in [-0.4, -0.2) is 49.8 Å². The van der Waals surface area contributed by atoms with Gasteiger partial charge in [0.15, 0.2) is 11.5 Å². The van der Waals surface area contributed by atoms with Crippen molar-refractivity contribution in [1.29, 1.82) is 0 Å². The van der Waals surface area contributed by atoms with Gasteiger partial charge in [0, 0.05) is 30.1 Å². The van der Waals surface area contributed by atoms with E-state index in [-0.39, 0.29) is 12.0 Å². The van der Waals surface area contributed by atoms with Crippen molar-refractivity contribution in [3.8, 4) is 23.1 Å². The van der Waals surface area contributed by atoms with Gasteiger partial charge in [0.25, 0.3) is 5.91 Å². The Hall–Kier alpha value is -2.61. The molecule has 0 radical (unpaired) electrons. The fourth-order valence-corrected chi connectivity index (χ4v) is 4.01. The first-order valence-electron chi connectivity index (χ1n) is 8.92. The summed E-state index contributed by atoms with van der Waals surface area (Å²) in [5.41, 5.74) is 1.33. The molecule has 1 aliphatic rings. The third kappa shape index (κ3) is 4.81. The third-order valence-electron chi connectivity index (χ3n) is 4.35. The van der Waals surface area contributed by atoms with Crippen molar-refractivity contribution < 1.29 is 23.7 Å². The summed E-state index contributed by atoms with van der Waals surface area (Å²) in [4.78, 5) is 16.8. The Labute approximate surface area is 168 Å². The second-order valence-corrected chi connectivity index (χ2v) is 7.35. The molecule has 0 bridgehead atoms. The minimum Gasteiger partial charge on any atom is -0.493 e. The van der Waals surface area contributed by atoms with Gasteiger partial charge in [0.05, 0.1) is 21.3 Å². The minimum absolute atomic E-state index is 0.162. The van der Waals surface area contributed by atoms with E-state index in [0.717, 1.165) is 23.5 Å². The van der Waals surface area contributed by atoms with Crippen molar-refractivity contribution in [2.75, 3.05) is 32.8 Å². The number of ether oxygens (including phenoxy) is 4. The molecule has 1 aromatic heterocycles. The average molecular weight is 404 g/mol. The lowest BCUT2D eigenvalue weighted by Crippen LogP contribution is -2.23. The predicted octanol–water partition coefficient (Wildman–Crippen LogP) is 2.92. The van der Waals surface area contributed by atoms with Gasteiger partial charge in [0.2, 0.25) is 11.6 Å². The van der Waals surface area contributed by atoms with Gasteiger partial charge in [-0.25, -0.2) is 4.98 Å². The van der Waals surface area contributed by atoms with Crippen molar-refractivity contribution >= 4 is 17.7 Å². The van der Waals surface area contributed by atoms with Gasteiger partial charge >= 0.3 is 0 Å². The first-order chi connectivity index (χ1) is 13.6. The smallest absolute Gasteiger partial charge is 0.251 e. The number of methoxy groups -OCH3 is 3. The van der Waals surface area contributed by atoms with E-state index in [4.69, 9.17) is 18.9 Å². The molecule has 1 N–H and O–H groups in total. The highest BCUT2D eigenvalue weighted by atomic mass is 32.2. The fraction of sp³-hybridized carbons (Fsp3) is 0.400. The molecule has 3 rings (SSSR count). The van der Waals surface area contributed by atoms with Crippen LogP contribution in [0.25, 0.3) is 0 Å². The summed E-state index contributed by atoms with van der Waals surface area (Å²) in [6, 6.07) is 6.95.